The van der Waals surface area contributed by atoms with E-state index in [0.29, 0.717) is 0 Å². The molecule has 2 unspecified atom stereocenters. The van der Waals surface area contributed by atoms with Crippen molar-refractivity contribution in [2.75, 3.05) is 0 Å². The smallest absolute Gasteiger partial charge is 0.0383 e. The van der Waals surface area contributed by atoms with E-state index in [-0.39, 0.29) is 0 Å². The van der Waals surface area contributed by atoms with E-state index in [9.17, 15) is 0 Å². The van der Waals surface area contributed by atoms with Crippen LogP contribution in [0.4, 0.5) is 0 Å². The van der Waals surface area contributed by atoms with Gasteiger partial charge in [-0.3, -0.25) is 0 Å². The third-order valence-corrected chi connectivity index (χ3v) is 3.59. The highest BCUT2D eigenvalue weighted by Gasteiger charge is 2.36. The number of rotatable bonds is 0. The number of fused-ring (bicyclic) bond motifs is 2. The lowest BCUT2D eigenvalue weighted by atomic mass is 9.81. The highest BCUT2D eigenvalue weighted by molar-refractivity contribution is 4.87. The summed E-state index contributed by atoms with van der Waals surface area (Å²) in [4.78, 5) is 0. The van der Waals surface area contributed by atoms with Crippen molar-refractivity contribution in [3.8, 4) is 0 Å². The average Bonchev–Trinajstić information content (AvgIpc) is 2.07. The Labute approximate surface area is 64.0 Å². The maximum atomic E-state index is 2.45. The van der Waals surface area contributed by atoms with Crippen LogP contribution in [-0.4, -0.2) is 0 Å². The van der Waals surface area contributed by atoms with Crippen molar-refractivity contribution in [2.24, 2.45) is 23.7 Å². The summed E-state index contributed by atoms with van der Waals surface area (Å²) in [5.74, 6) is 4.31. The summed E-state index contributed by atoms with van der Waals surface area (Å²) in [6.45, 7) is 4.87. The fourth-order valence-electron chi connectivity index (χ4n) is 3.18. The van der Waals surface area contributed by atoms with Gasteiger partial charge in [0.25, 0.3) is 0 Å². The Balaban J connectivity index is 2.06. The van der Waals surface area contributed by atoms with Crippen LogP contribution in [0.25, 0.3) is 0 Å². The molecule has 2 saturated carbocycles. The molecule has 0 aromatic rings. The molecule has 2 bridgehead atoms. The molecule has 58 valence electrons. The van der Waals surface area contributed by atoms with Gasteiger partial charge in [-0.1, -0.05) is 13.8 Å². The Kier molecular flexibility index (Phi) is 1.51. The van der Waals surface area contributed by atoms with Gasteiger partial charge in [0.05, 0.1) is 0 Å². The lowest BCUT2D eigenvalue weighted by Crippen LogP contribution is -2.14. The van der Waals surface area contributed by atoms with Gasteiger partial charge in [0, 0.05) is 0 Å². The van der Waals surface area contributed by atoms with Gasteiger partial charge in [0.15, 0.2) is 0 Å². The van der Waals surface area contributed by atoms with Crippen LogP contribution in [0.3, 0.4) is 0 Å². The summed E-state index contributed by atoms with van der Waals surface area (Å²) >= 11 is 0. The molecule has 0 radical (unpaired) electrons. The first-order valence-corrected chi connectivity index (χ1v) is 4.75. The summed E-state index contributed by atoms with van der Waals surface area (Å²) in [5, 5.41) is 0. The zero-order valence-electron chi connectivity index (χ0n) is 7.14. The average molecular weight is 138 g/mol. The Bertz CT molecular complexity index is 123. The van der Waals surface area contributed by atoms with Crippen LogP contribution in [0.2, 0.25) is 0 Å². The van der Waals surface area contributed by atoms with Crippen molar-refractivity contribution in [1.29, 1.82) is 0 Å². The van der Waals surface area contributed by atoms with Gasteiger partial charge in [0.2, 0.25) is 0 Å². The van der Waals surface area contributed by atoms with Crippen molar-refractivity contribution in [3.63, 3.8) is 0 Å². The molecule has 0 aromatic carbocycles. The number of hydrogen-bond donors (Lipinski definition) is 0. The lowest BCUT2D eigenvalue weighted by molar-refractivity contribution is 0.263. The van der Waals surface area contributed by atoms with Crippen LogP contribution in [-0.2, 0) is 0 Å². The highest BCUT2D eigenvalue weighted by atomic mass is 14.4. The van der Waals surface area contributed by atoms with E-state index >= 15 is 0 Å². The van der Waals surface area contributed by atoms with Crippen LogP contribution in [0.5, 0.6) is 0 Å². The summed E-state index contributed by atoms with van der Waals surface area (Å²) in [6.07, 6.45) is 6.15. The Hall–Kier alpha value is 0. The van der Waals surface area contributed by atoms with Gasteiger partial charge in [0.1, 0.15) is 0 Å². The fourth-order valence-corrected chi connectivity index (χ4v) is 3.18. The minimum Gasteiger partial charge on any atom is -0.0625 e. The van der Waals surface area contributed by atoms with Crippen LogP contribution in [0, 0.1) is 23.7 Å². The molecule has 0 aromatic heterocycles. The Morgan fingerprint density at radius 2 is 1.70 bits per heavy atom. The van der Waals surface area contributed by atoms with Gasteiger partial charge in [-0.2, -0.15) is 0 Å². The van der Waals surface area contributed by atoms with Gasteiger partial charge in [-0.15, -0.1) is 0 Å². The van der Waals surface area contributed by atoms with E-state index in [4.69, 9.17) is 0 Å². The molecule has 0 saturated heterocycles. The normalized spacial score (nSPS) is 53.4. The van der Waals surface area contributed by atoms with E-state index in [2.05, 4.69) is 13.8 Å². The van der Waals surface area contributed by atoms with Crippen LogP contribution >= 0.6 is 0 Å². The molecule has 0 heteroatoms. The molecule has 0 amide bonds. The molecule has 4 atom stereocenters. The van der Waals surface area contributed by atoms with E-state index in [1.807, 2.05) is 0 Å². The summed E-state index contributed by atoms with van der Waals surface area (Å²) in [6, 6.07) is 0. The molecule has 2 fully saturated rings. The second-order valence-electron chi connectivity index (χ2n) is 4.65. The van der Waals surface area contributed by atoms with Crippen molar-refractivity contribution in [2.45, 2.75) is 39.5 Å². The van der Waals surface area contributed by atoms with Gasteiger partial charge in [-0.25, -0.2) is 0 Å². The second-order valence-corrected chi connectivity index (χ2v) is 4.65. The Morgan fingerprint density at radius 3 is 2.40 bits per heavy atom. The molecule has 0 aliphatic heterocycles. The molecule has 10 heavy (non-hydrogen) atoms. The largest absolute Gasteiger partial charge is 0.0625 e. The third-order valence-electron chi connectivity index (χ3n) is 3.59. The number of hydrogen-bond acceptors (Lipinski definition) is 0. The Morgan fingerprint density at radius 1 is 0.900 bits per heavy atom. The van der Waals surface area contributed by atoms with E-state index in [1.165, 1.54) is 19.3 Å². The third kappa shape index (κ3) is 0.980. The maximum absolute atomic E-state index is 2.45. The van der Waals surface area contributed by atoms with Crippen molar-refractivity contribution in [3.05, 3.63) is 0 Å². The highest BCUT2D eigenvalue weighted by Crippen LogP contribution is 2.47. The summed E-state index contributed by atoms with van der Waals surface area (Å²) in [7, 11) is 0. The molecule has 2 rings (SSSR count). The van der Waals surface area contributed by atoms with Crippen LogP contribution < -0.4 is 0 Å². The lowest BCUT2D eigenvalue weighted by Gasteiger charge is -2.25. The first kappa shape index (κ1) is 6.69. The quantitative estimate of drug-likeness (QED) is 0.482. The van der Waals surface area contributed by atoms with E-state index in [1.54, 1.807) is 6.42 Å². The molecule has 2 aliphatic rings. The molecule has 0 nitrogen and oxygen atoms in total. The van der Waals surface area contributed by atoms with Crippen molar-refractivity contribution >= 4 is 0 Å². The monoisotopic (exact) mass is 138 g/mol. The van der Waals surface area contributed by atoms with Crippen molar-refractivity contribution < 1.29 is 0 Å². The molecule has 2 aliphatic carbocycles. The molecule has 0 N–H and O–H groups in total. The zero-order chi connectivity index (χ0) is 7.14. The summed E-state index contributed by atoms with van der Waals surface area (Å²) < 4.78 is 0. The second kappa shape index (κ2) is 2.25. The minimum absolute atomic E-state index is 1.04. The SMILES string of the molecule is CC1CC2C[C@H](C1)C[C@H]2C. The van der Waals surface area contributed by atoms with Crippen molar-refractivity contribution in [1.82, 2.24) is 0 Å². The molecule has 0 spiro atoms. The molecule has 0 heterocycles. The minimum atomic E-state index is 1.04. The summed E-state index contributed by atoms with van der Waals surface area (Å²) in [5.41, 5.74) is 0. The molecular weight excluding hydrogens is 120 g/mol. The van der Waals surface area contributed by atoms with E-state index < -0.39 is 0 Å². The fraction of sp³-hybridized carbons (Fsp3) is 1.00. The van der Waals surface area contributed by atoms with E-state index in [0.717, 1.165) is 23.7 Å². The first-order valence-electron chi connectivity index (χ1n) is 4.75. The predicted octanol–water partition coefficient (Wildman–Crippen LogP) is 3.08. The van der Waals surface area contributed by atoms with Crippen LogP contribution in [0.1, 0.15) is 39.5 Å². The first-order chi connectivity index (χ1) is 4.75. The predicted molar refractivity (Wildman–Crippen MR) is 43.8 cm³/mol. The molecular formula is C10H18. The maximum Gasteiger partial charge on any atom is -0.0383 e. The van der Waals surface area contributed by atoms with Gasteiger partial charge >= 0.3 is 0 Å². The standard InChI is InChI=1S/C10H18/c1-7-3-9-5-8(2)10(4-7)6-9/h7-10H,3-6H2,1-2H3/t7?,8-,9-,10?/m1/s1. The zero-order valence-corrected chi connectivity index (χ0v) is 7.14. The van der Waals surface area contributed by atoms with Gasteiger partial charge in [-0.05, 0) is 49.4 Å². The van der Waals surface area contributed by atoms with Crippen LogP contribution in [0.15, 0.2) is 0 Å². The topological polar surface area (TPSA) is 0 Å². The van der Waals surface area contributed by atoms with Gasteiger partial charge < -0.3 is 0 Å².